The molecule has 1 N–H and O–H groups in total. The van der Waals surface area contributed by atoms with Crippen molar-refractivity contribution in [3.63, 3.8) is 0 Å². The fourth-order valence-electron chi connectivity index (χ4n) is 3.18. The van der Waals surface area contributed by atoms with Crippen molar-refractivity contribution in [3.8, 4) is 0 Å². The van der Waals surface area contributed by atoms with E-state index >= 15 is 0 Å². The molecule has 3 aromatic rings. The van der Waals surface area contributed by atoms with Crippen molar-refractivity contribution < 1.29 is 4.79 Å². The molecule has 0 aromatic heterocycles. The van der Waals surface area contributed by atoms with Gasteiger partial charge in [-0.3, -0.25) is 4.79 Å². The molecule has 0 spiro atoms. The summed E-state index contributed by atoms with van der Waals surface area (Å²) in [7, 11) is 0. The molecule has 1 amide bonds. The Morgan fingerprint density at radius 2 is 1.75 bits per heavy atom. The van der Waals surface area contributed by atoms with Gasteiger partial charge in [-0.2, -0.15) is 0 Å². The maximum atomic E-state index is 12.5. The van der Waals surface area contributed by atoms with E-state index in [0.29, 0.717) is 12.1 Å². The molecule has 0 bridgehead atoms. The first-order valence-corrected chi connectivity index (χ1v) is 10.4. The SMILES string of the molecule is CCCCNC(=O)c1ccc2c(c1)N=C(c1ccccc1)c1ccccc1S2. The van der Waals surface area contributed by atoms with E-state index in [9.17, 15) is 4.79 Å². The maximum Gasteiger partial charge on any atom is 0.251 e. The van der Waals surface area contributed by atoms with E-state index in [1.165, 1.54) is 4.90 Å². The van der Waals surface area contributed by atoms with Crippen LogP contribution >= 0.6 is 11.8 Å². The molecule has 28 heavy (non-hydrogen) atoms. The number of hydrogen-bond acceptors (Lipinski definition) is 3. The number of amides is 1. The molecular formula is C24H22N2OS. The van der Waals surface area contributed by atoms with Crippen LogP contribution in [0.1, 0.15) is 41.3 Å². The number of rotatable bonds is 5. The number of hydrogen-bond donors (Lipinski definition) is 1. The van der Waals surface area contributed by atoms with Crippen molar-refractivity contribution in [2.24, 2.45) is 4.99 Å². The third kappa shape index (κ3) is 3.87. The van der Waals surface area contributed by atoms with Gasteiger partial charge in [0.2, 0.25) is 0 Å². The zero-order valence-corrected chi connectivity index (χ0v) is 16.6. The number of carbonyl (C=O) groups excluding carboxylic acids is 1. The highest BCUT2D eigenvalue weighted by Crippen LogP contribution is 2.41. The smallest absolute Gasteiger partial charge is 0.251 e. The lowest BCUT2D eigenvalue weighted by molar-refractivity contribution is 0.0953. The van der Waals surface area contributed by atoms with Crippen molar-refractivity contribution >= 4 is 29.1 Å². The van der Waals surface area contributed by atoms with Crippen molar-refractivity contribution in [3.05, 3.63) is 89.5 Å². The fourth-order valence-corrected chi connectivity index (χ4v) is 4.18. The molecule has 3 aromatic carbocycles. The number of nitrogens with one attached hydrogen (secondary N) is 1. The van der Waals surface area contributed by atoms with E-state index in [2.05, 4.69) is 42.6 Å². The second-order valence-electron chi connectivity index (χ2n) is 6.72. The van der Waals surface area contributed by atoms with Crippen LogP contribution in [-0.2, 0) is 0 Å². The summed E-state index contributed by atoms with van der Waals surface area (Å²) in [6, 6.07) is 24.3. The van der Waals surface area contributed by atoms with Crippen LogP contribution in [0.2, 0.25) is 0 Å². The molecule has 0 saturated heterocycles. The van der Waals surface area contributed by atoms with Gasteiger partial charge in [-0.15, -0.1) is 0 Å². The first kappa shape index (κ1) is 18.5. The summed E-state index contributed by atoms with van der Waals surface area (Å²) in [5.74, 6) is -0.0422. The minimum absolute atomic E-state index is 0.0422. The molecule has 4 rings (SSSR count). The quantitative estimate of drug-likeness (QED) is 0.437. The molecule has 0 atom stereocenters. The Morgan fingerprint density at radius 1 is 0.964 bits per heavy atom. The van der Waals surface area contributed by atoms with E-state index in [-0.39, 0.29) is 5.91 Å². The topological polar surface area (TPSA) is 41.5 Å². The summed E-state index contributed by atoms with van der Waals surface area (Å²) in [5.41, 5.74) is 4.61. The lowest BCUT2D eigenvalue weighted by Crippen LogP contribution is -2.24. The summed E-state index contributed by atoms with van der Waals surface area (Å²) in [6.07, 6.45) is 2.04. The third-order valence-electron chi connectivity index (χ3n) is 4.68. The average molecular weight is 387 g/mol. The van der Waals surface area contributed by atoms with Crippen LogP contribution in [0.5, 0.6) is 0 Å². The zero-order valence-electron chi connectivity index (χ0n) is 15.8. The monoisotopic (exact) mass is 386 g/mol. The van der Waals surface area contributed by atoms with Gasteiger partial charge in [-0.25, -0.2) is 4.99 Å². The normalized spacial score (nSPS) is 12.4. The molecule has 1 heterocycles. The highest BCUT2D eigenvalue weighted by Gasteiger charge is 2.19. The Hall–Kier alpha value is -2.85. The van der Waals surface area contributed by atoms with Gasteiger partial charge in [-0.05, 0) is 30.7 Å². The average Bonchev–Trinajstić information content (AvgIpc) is 2.90. The number of aliphatic imine (C=N–C) groups is 1. The Kier molecular flexibility index (Phi) is 5.58. The van der Waals surface area contributed by atoms with Gasteiger partial charge in [0.05, 0.1) is 11.4 Å². The first-order valence-electron chi connectivity index (χ1n) is 9.60. The Bertz CT molecular complexity index is 1030. The molecule has 0 unspecified atom stereocenters. The lowest BCUT2D eigenvalue weighted by Gasteiger charge is -2.08. The number of unbranched alkanes of at least 4 members (excludes halogenated alkanes) is 1. The minimum Gasteiger partial charge on any atom is -0.352 e. The van der Waals surface area contributed by atoms with Gasteiger partial charge in [0.1, 0.15) is 0 Å². The van der Waals surface area contributed by atoms with Crippen molar-refractivity contribution in [1.29, 1.82) is 0 Å². The maximum absolute atomic E-state index is 12.5. The van der Waals surface area contributed by atoms with Crippen LogP contribution in [0.3, 0.4) is 0 Å². The van der Waals surface area contributed by atoms with Gasteiger partial charge in [-0.1, -0.05) is 73.6 Å². The Labute approximate surface area is 169 Å². The van der Waals surface area contributed by atoms with E-state index in [0.717, 1.165) is 40.3 Å². The molecule has 4 heteroatoms. The summed E-state index contributed by atoms with van der Waals surface area (Å²) in [4.78, 5) is 19.7. The van der Waals surface area contributed by atoms with E-state index in [1.807, 2.05) is 42.5 Å². The minimum atomic E-state index is -0.0422. The second-order valence-corrected chi connectivity index (χ2v) is 7.80. The lowest BCUT2D eigenvalue weighted by atomic mass is 10.0. The molecule has 140 valence electrons. The number of nitrogens with zero attached hydrogens (tertiary/aromatic N) is 1. The van der Waals surface area contributed by atoms with Gasteiger partial charge in [0.15, 0.2) is 0 Å². The number of carbonyl (C=O) groups is 1. The molecule has 0 saturated carbocycles. The van der Waals surface area contributed by atoms with Gasteiger partial charge in [0, 0.05) is 33.0 Å². The summed E-state index contributed by atoms with van der Waals surface area (Å²) in [6.45, 7) is 2.81. The molecule has 0 fully saturated rings. The summed E-state index contributed by atoms with van der Waals surface area (Å²) >= 11 is 1.70. The molecule has 3 nitrogen and oxygen atoms in total. The summed E-state index contributed by atoms with van der Waals surface area (Å²) < 4.78 is 0. The Morgan fingerprint density at radius 3 is 2.57 bits per heavy atom. The highest BCUT2D eigenvalue weighted by molar-refractivity contribution is 7.99. The third-order valence-corrected chi connectivity index (χ3v) is 5.82. The van der Waals surface area contributed by atoms with Gasteiger partial charge in [0.25, 0.3) is 5.91 Å². The van der Waals surface area contributed by atoms with Crippen LogP contribution in [0.25, 0.3) is 0 Å². The van der Waals surface area contributed by atoms with Crippen LogP contribution in [0.15, 0.2) is 87.6 Å². The van der Waals surface area contributed by atoms with E-state index < -0.39 is 0 Å². The van der Waals surface area contributed by atoms with E-state index in [4.69, 9.17) is 4.99 Å². The number of fused-ring (bicyclic) bond motifs is 2. The molecular weight excluding hydrogens is 364 g/mol. The first-order chi connectivity index (χ1) is 13.8. The standard InChI is InChI=1S/C24H22N2OS/c1-2-3-15-25-24(27)18-13-14-22-20(16-18)26-23(17-9-5-4-6-10-17)19-11-7-8-12-21(19)28-22/h4-14,16H,2-3,15H2,1H3,(H,25,27). The van der Waals surface area contributed by atoms with Crippen molar-refractivity contribution in [2.75, 3.05) is 6.54 Å². The molecule has 0 radical (unpaired) electrons. The van der Waals surface area contributed by atoms with E-state index in [1.54, 1.807) is 11.8 Å². The zero-order chi connectivity index (χ0) is 19.3. The fraction of sp³-hybridized carbons (Fsp3) is 0.167. The largest absolute Gasteiger partial charge is 0.352 e. The van der Waals surface area contributed by atoms with Crippen LogP contribution in [0, 0.1) is 0 Å². The predicted octanol–water partition coefficient (Wildman–Crippen LogP) is 5.85. The van der Waals surface area contributed by atoms with Crippen LogP contribution < -0.4 is 5.32 Å². The summed E-state index contributed by atoms with van der Waals surface area (Å²) in [5, 5.41) is 2.99. The molecule has 1 aliphatic heterocycles. The van der Waals surface area contributed by atoms with Crippen LogP contribution in [-0.4, -0.2) is 18.2 Å². The molecule has 0 aliphatic carbocycles. The predicted molar refractivity (Wildman–Crippen MR) is 116 cm³/mol. The molecule has 1 aliphatic rings. The Balaban J connectivity index is 1.78. The van der Waals surface area contributed by atoms with Crippen molar-refractivity contribution in [2.45, 2.75) is 29.6 Å². The highest BCUT2D eigenvalue weighted by atomic mass is 32.2. The van der Waals surface area contributed by atoms with Gasteiger partial charge < -0.3 is 5.32 Å². The van der Waals surface area contributed by atoms with Crippen LogP contribution in [0.4, 0.5) is 5.69 Å². The van der Waals surface area contributed by atoms with Crippen molar-refractivity contribution in [1.82, 2.24) is 5.32 Å². The van der Waals surface area contributed by atoms with Gasteiger partial charge >= 0.3 is 0 Å². The number of benzene rings is 3. The second kappa shape index (κ2) is 8.44.